The molecule has 3 aliphatic rings. The molecule has 0 spiro atoms. The van der Waals surface area contributed by atoms with Gasteiger partial charge in [-0.25, -0.2) is 9.97 Å². The molecule has 0 aliphatic carbocycles. The smallest absolute Gasteiger partial charge is 0.261 e. The second-order valence-electron chi connectivity index (χ2n) is 9.40. The third kappa shape index (κ3) is 3.13. The van der Waals surface area contributed by atoms with Gasteiger partial charge in [-0.05, 0) is 62.2 Å². The molecule has 0 amide bonds. The van der Waals surface area contributed by atoms with Crippen LogP contribution in [0.1, 0.15) is 12.8 Å². The number of aromatic nitrogens is 5. The summed E-state index contributed by atoms with van der Waals surface area (Å²) in [4.78, 5) is 31.5. The quantitative estimate of drug-likeness (QED) is 0.387. The Bertz CT molecular complexity index is 1520. The summed E-state index contributed by atoms with van der Waals surface area (Å²) < 4.78 is 1.94. The molecule has 2 bridgehead atoms. The number of hydrogen-bond acceptors (Lipinski definition) is 5. The van der Waals surface area contributed by atoms with Crippen LogP contribution in [-0.2, 0) is 0 Å². The summed E-state index contributed by atoms with van der Waals surface area (Å²) in [6, 6.07) is 14.3. The van der Waals surface area contributed by atoms with Crippen LogP contribution in [0.15, 0.2) is 66.0 Å². The predicted molar refractivity (Wildman–Crippen MR) is 133 cm³/mol. The van der Waals surface area contributed by atoms with E-state index in [-0.39, 0.29) is 5.56 Å². The Morgan fingerprint density at radius 2 is 1.91 bits per heavy atom. The van der Waals surface area contributed by atoms with E-state index in [1.165, 1.54) is 25.9 Å². The number of piperidine rings is 3. The Labute approximate surface area is 195 Å². The molecule has 3 saturated heterocycles. The maximum Gasteiger partial charge on any atom is 0.261 e. The van der Waals surface area contributed by atoms with Gasteiger partial charge >= 0.3 is 0 Å². The number of pyridine rings is 1. The van der Waals surface area contributed by atoms with Gasteiger partial charge in [0.2, 0.25) is 0 Å². The lowest BCUT2D eigenvalue weighted by Gasteiger charge is -2.45. The number of anilines is 1. The maximum absolute atomic E-state index is 13.5. The average Bonchev–Trinajstić information content (AvgIpc) is 3.55. The molecule has 34 heavy (non-hydrogen) atoms. The first kappa shape index (κ1) is 19.5. The third-order valence-corrected chi connectivity index (χ3v) is 7.41. The van der Waals surface area contributed by atoms with Crippen LogP contribution in [0.5, 0.6) is 0 Å². The molecule has 8 rings (SSSR count). The van der Waals surface area contributed by atoms with Crippen LogP contribution in [-0.4, -0.2) is 55.1 Å². The van der Waals surface area contributed by atoms with Crippen molar-refractivity contribution in [3.63, 3.8) is 0 Å². The lowest BCUT2D eigenvalue weighted by molar-refractivity contribution is 0.0976. The number of benzene rings is 2. The summed E-state index contributed by atoms with van der Waals surface area (Å²) in [5, 5.41) is 4.80. The van der Waals surface area contributed by atoms with Gasteiger partial charge in [-0.3, -0.25) is 4.79 Å². The van der Waals surface area contributed by atoms with Crippen molar-refractivity contribution in [2.45, 2.75) is 18.9 Å². The van der Waals surface area contributed by atoms with E-state index in [9.17, 15) is 4.79 Å². The van der Waals surface area contributed by atoms with Crippen LogP contribution < -0.4 is 10.9 Å². The Morgan fingerprint density at radius 3 is 2.68 bits per heavy atom. The van der Waals surface area contributed by atoms with Gasteiger partial charge in [0, 0.05) is 36.1 Å². The van der Waals surface area contributed by atoms with E-state index < -0.39 is 0 Å². The molecule has 1 atom stereocenters. The van der Waals surface area contributed by atoms with E-state index in [0.717, 1.165) is 39.9 Å². The molecule has 8 heteroatoms. The first-order chi connectivity index (χ1) is 16.7. The van der Waals surface area contributed by atoms with E-state index in [4.69, 9.17) is 4.98 Å². The zero-order chi connectivity index (χ0) is 22.6. The zero-order valence-electron chi connectivity index (χ0n) is 18.7. The van der Waals surface area contributed by atoms with Gasteiger partial charge in [-0.2, -0.15) is 0 Å². The second kappa shape index (κ2) is 7.56. The lowest BCUT2D eigenvalue weighted by atomic mass is 9.83. The highest BCUT2D eigenvalue weighted by Crippen LogP contribution is 2.36. The maximum atomic E-state index is 13.5. The summed E-state index contributed by atoms with van der Waals surface area (Å²) in [6.45, 7) is 3.35. The molecule has 3 aliphatic heterocycles. The van der Waals surface area contributed by atoms with Crippen molar-refractivity contribution in [2.24, 2.45) is 5.92 Å². The number of rotatable bonds is 4. The van der Waals surface area contributed by atoms with Crippen molar-refractivity contribution in [1.29, 1.82) is 0 Å². The molecule has 170 valence electrons. The van der Waals surface area contributed by atoms with Crippen LogP contribution in [0.25, 0.3) is 39.0 Å². The van der Waals surface area contributed by atoms with Crippen molar-refractivity contribution in [3.05, 3.63) is 71.5 Å². The van der Waals surface area contributed by atoms with Gasteiger partial charge in [0.1, 0.15) is 11.4 Å². The minimum Gasteiger partial charge on any atom is -0.379 e. The highest BCUT2D eigenvalue weighted by atomic mass is 16.1. The lowest BCUT2D eigenvalue weighted by Crippen LogP contribution is -2.53. The molecule has 3 N–H and O–H groups in total. The molecule has 5 aromatic rings. The molecular weight excluding hydrogens is 426 g/mol. The molecule has 0 saturated carbocycles. The van der Waals surface area contributed by atoms with Crippen molar-refractivity contribution in [3.8, 4) is 17.1 Å². The largest absolute Gasteiger partial charge is 0.379 e. The normalized spacial score (nSPS) is 21.9. The van der Waals surface area contributed by atoms with Crippen molar-refractivity contribution >= 4 is 27.6 Å². The number of aromatic amines is 2. The highest BCUT2D eigenvalue weighted by Gasteiger charge is 2.35. The molecule has 0 radical (unpaired) electrons. The average molecular weight is 452 g/mol. The van der Waals surface area contributed by atoms with E-state index in [1.807, 2.05) is 41.1 Å². The summed E-state index contributed by atoms with van der Waals surface area (Å²) >= 11 is 0. The van der Waals surface area contributed by atoms with Gasteiger partial charge in [-0.1, -0.05) is 12.1 Å². The van der Waals surface area contributed by atoms with Gasteiger partial charge in [-0.15, -0.1) is 0 Å². The van der Waals surface area contributed by atoms with Gasteiger partial charge in [0.05, 0.1) is 28.6 Å². The topological polar surface area (TPSA) is 94.6 Å². The summed E-state index contributed by atoms with van der Waals surface area (Å²) in [5.74, 6) is 1.21. The van der Waals surface area contributed by atoms with E-state index >= 15 is 0 Å². The zero-order valence-corrected chi connectivity index (χ0v) is 18.7. The number of para-hydroxylation sites is 2. The first-order valence-electron chi connectivity index (χ1n) is 11.9. The highest BCUT2D eigenvalue weighted by molar-refractivity contribution is 6.00. The molecule has 6 heterocycles. The van der Waals surface area contributed by atoms with Gasteiger partial charge in [0.25, 0.3) is 5.56 Å². The van der Waals surface area contributed by atoms with E-state index in [2.05, 4.69) is 37.3 Å². The molecule has 8 nitrogen and oxygen atoms in total. The number of fused-ring (bicyclic) bond motifs is 5. The molecular formula is C26H25N7O. The number of H-pyrrole nitrogens is 2. The minimum atomic E-state index is -0.155. The molecule has 0 unspecified atom stereocenters. The number of imidazole rings is 2. The van der Waals surface area contributed by atoms with Crippen LogP contribution in [0.2, 0.25) is 0 Å². The minimum absolute atomic E-state index is 0.155. The number of nitrogens with one attached hydrogen (secondary N) is 3. The Balaban J connectivity index is 1.42. The Kier molecular flexibility index (Phi) is 4.35. The van der Waals surface area contributed by atoms with E-state index in [1.54, 1.807) is 12.5 Å². The Morgan fingerprint density at radius 1 is 1.03 bits per heavy atom. The number of nitrogens with zero attached hydrogens (tertiary/aromatic N) is 4. The van der Waals surface area contributed by atoms with Crippen molar-refractivity contribution < 1.29 is 0 Å². The SMILES string of the molecule is O=c1[nH]c2cc(-n3ccnc3)ccc2c(N[C@H]2CN3CCC2CC3)c1-c1nc2ccccc2[nH]1. The fourth-order valence-electron chi connectivity index (χ4n) is 5.62. The van der Waals surface area contributed by atoms with Crippen molar-refractivity contribution in [2.75, 3.05) is 25.0 Å². The molecule has 2 aromatic carbocycles. The van der Waals surface area contributed by atoms with Crippen LogP contribution in [0.3, 0.4) is 0 Å². The predicted octanol–water partition coefficient (Wildman–Crippen LogP) is 3.76. The summed E-state index contributed by atoms with van der Waals surface area (Å²) in [7, 11) is 0. The fraction of sp³-hybridized carbons (Fsp3) is 0.269. The van der Waals surface area contributed by atoms with Crippen LogP contribution >= 0.6 is 0 Å². The fourth-order valence-corrected chi connectivity index (χ4v) is 5.62. The third-order valence-electron chi connectivity index (χ3n) is 7.41. The Hall–Kier alpha value is -3.91. The monoisotopic (exact) mass is 451 g/mol. The van der Waals surface area contributed by atoms with Gasteiger partial charge in [0.15, 0.2) is 0 Å². The van der Waals surface area contributed by atoms with Crippen LogP contribution in [0, 0.1) is 5.92 Å². The first-order valence-corrected chi connectivity index (χ1v) is 11.9. The second-order valence-corrected chi connectivity index (χ2v) is 9.40. The summed E-state index contributed by atoms with van der Waals surface area (Å²) in [6.07, 6.45) is 7.80. The summed E-state index contributed by atoms with van der Waals surface area (Å²) in [5.41, 5.74) is 4.77. The van der Waals surface area contributed by atoms with Crippen LogP contribution in [0.4, 0.5) is 5.69 Å². The molecule has 3 fully saturated rings. The number of hydrogen-bond donors (Lipinski definition) is 3. The standard InChI is InChI=1S/C26H25N7O/c34-26-23(25-29-19-3-1-2-4-20(19)30-25)24(28-22-14-32-10-7-16(22)8-11-32)18-6-5-17(13-21(18)31-26)33-12-9-27-15-33/h1-6,9,12-13,15-16,22H,7-8,10-11,14H2,(H,29,30)(H2,28,31,34)/t22-/m0/s1. The molecule has 3 aromatic heterocycles. The van der Waals surface area contributed by atoms with E-state index in [0.29, 0.717) is 23.3 Å². The van der Waals surface area contributed by atoms with Crippen molar-refractivity contribution in [1.82, 2.24) is 29.4 Å². The van der Waals surface area contributed by atoms with Gasteiger partial charge < -0.3 is 24.8 Å².